The second-order valence-electron chi connectivity index (χ2n) is 3.72. The minimum Gasteiger partial charge on any atom is -0.325 e. The first kappa shape index (κ1) is 8.02. The van der Waals surface area contributed by atoms with Crippen molar-refractivity contribution in [1.29, 1.82) is 0 Å². The smallest absolute Gasteiger partial charge is 0.0167 e. The average molecular weight is 142 g/mol. The van der Waals surface area contributed by atoms with Gasteiger partial charge in [0.15, 0.2) is 0 Å². The molecule has 1 saturated carbocycles. The third-order valence-electron chi connectivity index (χ3n) is 2.07. The van der Waals surface area contributed by atoms with Crippen LogP contribution in [0.3, 0.4) is 0 Å². The van der Waals surface area contributed by atoms with E-state index in [-0.39, 0.29) is 5.54 Å². The Morgan fingerprint density at radius 3 is 2.50 bits per heavy atom. The molecule has 60 valence electrons. The van der Waals surface area contributed by atoms with Gasteiger partial charge in [-0.05, 0) is 25.8 Å². The van der Waals surface area contributed by atoms with Crippen molar-refractivity contribution in [3.63, 3.8) is 0 Å². The van der Waals surface area contributed by atoms with Gasteiger partial charge in [0.25, 0.3) is 0 Å². The minimum absolute atomic E-state index is 0.224. The number of hydrogen-bond acceptors (Lipinski definition) is 2. The van der Waals surface area contributed by atoms with Crippen LogP contribution < -0.4 is 11.1 Å². The lowest BCUT2D eigenvalue weighted by Gasteiger charge is -2.11. The average Bonchev–Trinajstić information content (AvgIpc) is 2.47. The number of rotatable bonds is 4. The first-order chi connectivity index (χ1) is 4.62. The monoisotopic (exact) mass is 142 g/mol. The van der Waals surface area contributed by atoms with Gasteiger partial charge in [-0.2, -0.15) is 0 Å². The van der Waals surface area contributed by atoms with Crippen molar-refractivity contribution in [1.82, 2.24) is 5.32 Å². The topological polar surface area (TPSA) is 38.0 Å². The van der Waals surface area contributed by atoms with Crippen LogP contribution in [-0.4, -0.2) is 18.1 Å². The molecule has 1 aliphatic carbocycles. The van der Waals surface area contributed by atoms with E-state index in [2.05, 4.69) is 19.2 Å². The van der Waals surface area contributed by atoms with Crippen LogP contribution in [0.25, 0.3) is 0 Å². The van der Waals surface area contributed by atoms with Crippen molar-refractivity contribution in [3.8, 4) is 0 Å². The van der Waals surface area contributed by atoms with E-state index in [9.17, 15) is 0 Å². The fourth-order valence-corrected chi connectivity index (χ4v) is 1.02. The maximum absolute atomic E-state index is 5.89. The Labute approximate surface area is 63.2 Å². The van der Waals surface area contributed by atoms with E-state index in [1.54, 1.807) is 0 Å². The molecular formula is C8H18N2. The molecule has 0 aliphatic heterocycles. The Bertz CT molecular complexity index is 106. The summed E-state index contributed by atoms with van der Waals surface area (Å²) in [7, 11) is 0. The zero-order valence-corrected chi connectivity index (χ0v) is 6.98. The van der Waals surface area contributed by atoms with Crippen LogP contribution in [0.5, 0.6) is 0 Å². The van der Waals surface area contributed by atoms with Crippen LogP contribution in [0.4, 0.5) is 0 Å². The molecular weight excluding hydrogens is 124 g/mol. The lowest BCUT2D eigenvalue weighted by Crippen LogP contribution is -2.31. The lowest BCUT2D eigenvalue weighted by atomic mass is 10.2. The quantitative estimate of drug-likeness (QED) is 0.611. The van der Waals surface area contributed by atoms with E-state index in [1.807, 2.05) is 0 Å². The van der Waals surface area contributed by atoms with Crippen molar-refractivity contribution in [2.45, 2.75) is 44.7 Å². The summed E-state index contributed by atoms with van der Waals surface area (Å²) in [4.78, 5) is 0. The van der Waals surface area contributed by atoms with Crippen LogP contribution in [0.2, 0.25) is 0 Å². The van der Waals surface area contributed by atoms with E-state index in [4.69, 9.17) is 5.73 Å². The first-order valence-electron chi connectivity index (χ1n) is 4.15. The van der Waals surface area contributed by atoms with Gasteiger partial charge in [0.05, 0.1) is 0 Å². The third kappa shape index (κ3) is 2.67. The number of nitrogens with two attached hydrogens (primary N) is 1. The SMILES string of the molecule is CC(C)NCCC1(N)CC1. The molecule has 2 nitrogen and oxygen atoms in total. The van der Waals surface area contributed by atoms with Gasteiger partial charge in [-0.3, -0.25) is 0 Å². The van der Waals surface area contributed by atoms with Gasteiger partial charge < -0.3 is 11.1 Å². The van der Waals surface area contributed by atoms with Crippen molar-refractivity contribution in [2.24, 2.45) is 5.73 Å². The first-order valence-corrected chi connectivity index (χ1v) is 4.15. The fraction of sp³-hybridized carbons (Fsp3) is 1.00. The van der Waals surface area contributed by atoms with Gasteiger partial charge in [0.1, 0.15) is 0 Å². The van der Waals surface area contributed by atoms with E-state index < -0.39 is 0 Å². The van der Waals surface area contributed by atoms with Crippen LogP contribution >= 0.6 is 0 Å². The van der Waals surface area contributed by atoms with E-state index in [1.165, 1.54) is 12.8 Å². The van der Waals surface area contributed by atoms with Gasteiger partial charge >= 0.3 is 0 Å². The van der Waals surface area contributed by atoms with Crippen LogP contribution in [0, 0.1) is 0 Å². The molecule has 3 N–H and O–H groups in total. The van der Waals surface area contributed by atoms with Crippen LogP contribution in [-0.2, 0) is 0 Å². The van der Waals surface area contributed by atoms with Gasteiger partial charge in [-0.1, -0.05) is 13.8 Å². The maximum Gasteiger partial charge on any atom is 0.0167 e. The second kappa shape index (κ2) is 2.89. The summed E-state index contributed by atoms with van der Waals surface area (Å²) >= 11 is 0. The van der Waals surface area contributed by atoms with Gasteiger partial charge in [-0.25, -0.2) is 0 Å². The highest BCUT2D eigenvalue weighted by Gasteiger charge is 2.37. The Morgan fingerprint density at radius 1 is 1.50 bits per heavy atom. The van der Waals surface area contributed by atoms with Gasteiger partial charge in [-0.15, -0.1) is 0 Å². The largest absolute Gasteiger partial charge is 0.325 e. The molecule has 0 atom stereocenters. The van der Waals surface area contributed by atoms with Gasteiger partial charge in [0.2, 0.25) is 0 Å². The highest BCUT2D eigenvalue weighted by molar-refractivity contribution is 4.98. The predicted octanol–water partition coefficient (Wildman–Crippen LogP) is 0.866. The number of nitrogens with one attached hydrogen (secondary N) is 1. The molecule has 10 heavy (non-hydrogen) atoms. The summed E-state index contributed by atoms with van der Waals surface area (Å²) in [5.74, 6) is 0. The van der Waals surface area contributed by atoms with E-state index >= 15 is 0 Å². The lowest BCUT2D eigenvalue weighted by molar-refractivity contribution is 0.516. The standard InChI is InChI=1S/C8H18N2/c1-7(2)10-6-5-8(9)3-4-8/h7,10H,3-6,9H2,1-2H3. The van der Waals surface area contributed by atoms with Crippen LogP contribution in [0.1, 0.15) is 33.1 Å². The molecule has 0 unspecified atom stereocenters. The van der Waals surface area contributed by atoms with Crippen molar-refractivity contribution >= 4 is 0 Å². The molecule has 0 amide bonds. The molecule has 0 spiro atoms. The molecule has 0 aromatic carbocycles. The molecule has 0 heterocycles. The fourth-order valence-electron chi connectivity index (χ4n) is 1.02. The molecule has 0 radical (unpaired) electrons. The maximum atomic E-state index is 5.89. The highest BCUT2D eigenvalue weighted by atomic mass is 14.9. The minimum atomic E-state index is 0.224. The summed E-state index contributed by atoms with van der Waals surface area (Å²) in [6, 6.07) is 0.599. The molecule has 1 rings (SSSR count). The van der Waals surface area contributed by atoms with Crippen LogP contribution in [0.15, 0.2) is 0 Å². The number of hydrogen-bond donors (Lipinski definition) is 2. The Balaban J connectivity index is 1.95. The summed E-state index contributed by atoms with van der Waals surface area (Å²) < 4.78 is 0. The zero-order chi connectivity index (χ0) is 7.61. The van der Waals surface area contributed by atoms with E-state index in [0.717, 1.165) is 13.0 Å². The third-order valence-corrected chi connectivity index (χ3v) is 2.07. The summed E-state index contributed by atoms with van der Waals surface area (Å²) in [5.41, 5.74) is 6.12. The molecule has 0 aromatic rings. The molecule has 0 saturated heterocycles. The molecule has 0 bridgehead atoms. The van der Waals surface area contributed by atoms with Crippen molar-refractivity contribution in [3.05, 3.63) is 0 Å². The Hall–Kier alpha value is -0.0800. The second-order valence-corrected chi connectivity index (χ2v) is 3.72. The normalized spacial score (nSPS) is 21.6. The molecule has 2 heteroatoms. The highest BCUT2D eigenvalue weighted by Crippen LogP contribution is 2.34. The van der Waals surface area contributed by atoms with E-state index in [0.29, 0.717) is 6.04 Å². The Kier molecular flexibility index (Phi) is 2.32. The summed E-state index contributed by atoms with van der Waals surface area (Å²) in [6.45, 7) is 5.40. The predicted molar refractivity (Wildman–Crippen MR) is 43.9 cm³/mol. The zero-order valence-electron chi connectivity index (χ0n) is 6.98. The molecule has 0 aromatic heterocycles. The summed E-state index contributed by atoms with van der Waals surface area (Å²) in [5, 5.41) is 3.36. The molecule has 1 aliphatic rings. The summed E-state index contributed by atoms with van der Waals surface area (Å²) in [6.07, 6.45) is 3.60. The van der Waals surface area contributed by atoms with Gasteiger partial charge in [0, 0.05) is 11.6 Å². The molecule has 1 fully saturated rings. The Morgan fingerprint density at radius 2 is 2.10 bits per heavy atom. The van der Waals surface area contributed by atoms with Crippen molar-refractivity contribution < 1.29 is 0 Å². The van der Waals surface area contributed by atoms with Crippen molar-refractivity contribution in [2.75, 3.05) is 6.54 Å².